The molecule has 1 aromatic carbocycles. The zero-order valence-electron chi connectivity index (χ0n) is 11.0. The number of rotatable bonds is 7. The Bertz CT molecular complexity index is 511. The molecule has 0 heterocycles. The smallest absolute Gasteiger partial charge is 0.250 e. The van der Waals surface area contributed by atoms with Crippen LogP contribution in [0.4, 0.5) is 5.69 Å². The lowest BCUT2D eigenvalue weighted by atomic mass is 10.3. The van der Waals surface area contributed by atoms with Gasteiger partial charge in [-0.05, 0) is 30.7 Å². The van der Waals surface area contributed by atoms with Crippen molar-refractivity contribution in [2.24, 2.45) is 0 Å². The fraction of sp³-hybridized carbons (Fsp3) is 0.417. The summed E-state index contributed by atoms with van der Waals surface area (Å²) >= 11 is 0. The predicted molar refractivity (Wildman–Crippen MR) is 72.4 cm³/mol. The molecule has 0 aromatic heterocycles. The second kappa shape index (κ2) is 7.22. The Morgan fingerprint density at radius 1 is 1.26 bits per heavy atom. The average molecular weight is 286 g/mol. The maximum absolute atomic E-state index is 11.8. The highest BCUT2D eigenvalue weighted by Gasteiger charge is 2.12. The summed E-state index contributed by atoms with van der Waals surface area (Å²) in [5.74, 6) is -0.290. The molecule has 0 radical (unpaired) electrons. The first kappa shape index (κ1) is 15.6. The average Bonchev–Trinajstić information content (AvgIpc) is 2.37. The van der Waals surface area contributed by atoms with E-state index < -0.39 is 10.0 Å². The van der Waals surface area contributed by atoms with Crippen molar-refractivity contribution < 1.29 is 17.9 Å². The quantitative estimate of drug-likeness (QED) is 0.782. The van der Waals surface area contributed by atoms with E-state index in [1.54, 1.807) is 0 Å². The van der Waals surface area contributed by atoms with E-state index in [1.165, 1.54) is 31.4 Å². The molecule has 106 valence electrons. The monoisotopic (exact) mass is 286 g/mol. The number of carbonyl (C=O) groups excluding carboxylic acids is 1. The number of sulfonamides is 1. The van der Waals surface area contributed by atoms with E-state index in [2.05, 4.69) is 14.8 Å². The van der Waals surface area contributed by atoms with Gasteiger partial charge in [-0.3, -0.25) is 4.79 Å². The van der Waals surface area contributed by atoms with Crippen molar-refractivity contribution >= 4 is 21.6 Å². The lowest BCUT2D eigenvalue weighted by molar-refractivity contribution is -0.119. The zero-order valence-corrected chi connectivity index (χ0v) is 11.8. The molecule has 0 saturated heterocycles. The minimum Gasteiger partial charge on any atom is -0.375 e. The molecule has 1 rings (SSSR count). The minimum absolute atomic E-state index is 0.0435. The molecule has 0 aliphatic carbocycles. The fourth-order valence-electron chi connectivity index (χ4n) is 1.37. The predicted octanol–water partition coefficient (Wildman–Crippen LogP) is 0.960. The van der Waals surface area contributed by atoms with Crippen LogP contribution in [0.5, 0.6) is 0 Å². The third kappa shape index (κ3) is 4.98. The van der Waals surface area contributed by atoms with Crippen LogP contribution < -0.4 is 10.0 Å². The largest absolute Gasteiger partial charge is 0.375 e. The van der Waals surface area contributed by atoms with E-state index in [4.69, 9.17) is 0 Å². The van der Waals surface area contributed by atoms with Gasteiger partial charge < -0.3 is 10.1 Å². The number of ether oxygens (including phenoxy) is 1. The molecular weight excluding hydrogens is 268 g/mol. The van der Waals surface area contributed by atoms with E-state index in [-0.39, 0.29) is 17.4 Å². The molecule has 0 aliphatic heterocycles. The third-order valence-electron chi connectivity index (χ3n) is 2.27. The second-order valence-corrected chi connectivity index (χ2v) is 5.67. The molecule has 0 unspecified atom stereocenters. The van der Waals surface area contributed by atoms with Crippen molar-refractivity contribution in [2.45, 2.75) is 18.2 Å². The van der Waals surface area contributed by atoms with Crippen molar-refractivity contribution in [2.75, 3.05) is 25.6 Å². The number of nitrogens with one attached hydrogen (secondary N) is 2. The number of amides is 1. The Labute approximate surface area is 113 Å². The Morgan fingerprint density at radius 3 is 2.42 bits per heavy atom. The molecule has 0 atom stereocenters. The van der Waals surface area contributed by atoms with Crippen molar-refractivity contribution in [1.82, 2.24) is 4.72 Å². The Kier molecular flexibility index (Phi) is 5.94. The maximum atomic E-state index is 11.8. The molecule has 0 saturated carbocycles. The number of hydrogen-bond acceptors (Lipinski definition) is 4. The SMILES string of the molecule is CCCNS(=O)(=O)c1ccc(NC(=O)COC)cc1. The van der Waals surface area contributed by atoms with Gasteiger partial charge in [0, 0.05) is 19.3 Å². The van der Waals surface area contributed by atoms with Gasteiger partial charge in [-0.1, -0.05) is 6.92 Å². The van der Waals surface area contributed by atoms with Crippen molar-refractivity contribution in [3.8, 4) is 0 Å². The highest BCUT2D eigenvalue weighted by atomic mass is 32.2. The van der Waals surface area contributed by atoms with Crippen LogP contribution in [0.25, 0.3) is 0 Å². The number of anilines is 1. The van der Waals surface area contributed by atoms with Gasteiger partial charge in [0.2, 0.25) is 15.9 Å². The molecule has 1 amide bonds. The highest BCUT2D eigenvalue weighted by molar-refractivity contribution is 7.89. The summed E-state index contributed by atoms with van der Waals surface area (Å²) in [7, 11) is -2.04. The third-order valence-corrected chi connectivity index (χ3v) is 3.74. The number of hydrogen-bond donors (Lipinski definition) is 2. The van der Waals surface area contributed by atoms with Gasteiger partial charge in [-0.25, -0.2) is 13.1 Å². The zero-order chi connectivity index (χ0) is 14.3. The van der Waals surface area contributed by atoms with Crippen LogP contribution in [0, 0.1) is 0 Å². The van der Waals surface area contributed by atoms with Crippen LogP contribution in [0.1, 0.15) is 13.3 Å². The van der Waals surface area contributed by atoms with Crippen LogP contribution in [0.15, 0.2) is 29.2 Å². The molecule has 19 heavy (non-hydrogen) atoms. The van der Waals surface area contributed by atoms with Crippen LogP contribution in [-0.4, -0.2) is 34.6 Å². The molecule has 2 N–H and O–H groups in total. The maximum Gasteiger partial charge on any atom is 0.250 e. The Hall–Kier alpha value is -1.44. The van der Waals surface area contributed by atoms with Gasteiger partial charge in [0.1, 0.15) is 6.61 Å². The van der Waals surface area contributed by atoms with Crippen LogP contribution in [0.2, 0.25) is 0 Å². The lowest BCUT2D eigenvalue weighted by Gasteiger charge is -2.07. The number of benzene rings is 1. The summed E-state index contributed by atoms with van der Waals surface area (Å²) in [6.07, 6.45) is 0.727. The molecule has 6 nitrogen and oxygen atoms in total. The number of carbonyl (C=O) groups is 1. The summed E-state index contributed by atoms with van der Waals surface area (Å²) in [5, 5.41) is 2.59. The summed E-state index contributed by atoms with van der Waals surface area (Å²) in [6, 6.07) is 5.96. The van der Waals surface area contributed by atoms with Crippen LogP contribution in [-0.2, 0) is 19.6 Å². The topological polar surface area (TPSA) is 84.5 Å². The Balaban J connectivity index is 2.73. The normalized spacial score (nSPS) is 11.3. The molecular formula is C12H18N2O4S. The van der Waals surface area contributed by atoms with E-state index in [0.29, 0.717) is 12.2 Å². The summed E-state index contributed by atoms with van der Waals surface area (Å²) in [5.41, 5.74) is 0.525. The number of methoxy groups -OCH3 is 1. The molecule has 1 aromatic rings. The summed E-state index contributed by atoms with van der Waals surface area (Å²) < 4.78 is 30.8. The summed E-state index contributed by atoms with van der Waals surface area (Å²) in [4.78, 5) is 11.4. The van der Waals surface area contributed by atoms with E-state index in [0.717, 1.165) is 6.42 Å². The van der Waals surface area contributed by atoms with E-state index >= 15 is 0 Å². The van der Waals surface area contributed by atoms with Crippen molar-refractivity contribution in [3.63, 3.8) is 0 Å². The first-order valence-electron chi connectivity index (χ1n) is 5.88. The lowest BCUT2D eigenvalue weighted by Crippen LogP contribution is -2.24. The van der Waals surface area contributed by atoms with Crippen LogP contribution in [0.3, 0.4) is 0 Å². The molecule has 7 heteroatoms. The van der Waals surface area contributed by atoms with Crippen molar-refractivity contribution in [3.05, 3.63) is 24.3 Å². The Morgan fingerprint density at radius 2 is 1.89 bits per heavy atom. The standard InChI is InChI=1S/C12H18N2O4S/c1-3-8-13-19(16,17)11-6-4-10(5-7-11)14-12(15)9-18-2/h4-7,13H,3,8-9H2,1-2H3,(H,14,15). The van der Waals surface area contributed by atoms with Gasteiger partial charge in [-0.15, -0.1) is 0 Å². The van der Waals surface area contributed by atoms with Gasteiger partial charge in [0.15, 0.2) is 0 Å². The van der Waals surface area contributed by atoms with Gasteiger partial charge in [0.05, 0.1) is 4.90 Å². The first-order valence-corrected chi connectivity index (χ1v) is 7.36. The van der Waals surface area contributed by atoms with Crippen LogP contribution >= 0.6 is 0 Å². The van der Waals surface area contributed by atoms with Gasteiger partial charge >= 0.3 is 0 Å². The first-order chi connectivity index (χ1) is 8.99. The second-order valence-electron chi connectivity index (χ2n) is 3.90. The minimum atomic E-state index is -3.47. The molecule has 0 spiro atoms. The fourth-order valence-corrected chi connectivity index (χ4v) is 2.50. The van der Waals surface area contributed by atoms with Crippen molar-refractivity contribution in [1.29, 1.82) is 0 Å². The van der Waals surface area contributed by atoms with Gasteiger partial charge in [0.25, 0.3) is 0 Å². The van der Waals surface area contributed by atoms with Gasteiger partial charge in [-0.2, -0.15) is 0 Å². The van der Waals surface area contributed by atoms with E-state index in [9.17, 15) is 13.2 Å². The molecule has 0 bridgehead atoms. The molecule has 0 aliphatic rings. The van der Waals surface area contributed by atoms with E-state index in [1.807, 2.05) is 6.92 Å². The summed E-state index contributed by atoms with van der Waals surface area (Å²) in [6.45, 7) is 2.24. The molecule has 0 fully saturated rings. The highest BCUT2D eigenvalue weighted by Crippen LogP contribution is 2.13.